The number of piperidine rings is 1. The van der Waals surface area contributed by atoms with Crippen LogP contribution in [0.25, 0.3) is 0 Å². The minimum Gasteiger partial charge on any atom is -0.335 e. The topological polar surface area (TPSA) is 63.9 Å². The first-order valence-electron chi connectivity index (χ1n) is 6.81. The highest BCUT2D eigenvalue weighted by Crippen LogP contribution is 2.21. The number of hydrogen-bond donors (Lipinski definition) is 0. The van der Waals surface area contributed by atoms with Gasteiger partial charge in [0.15, 0.2) is 0 Å². The molecule has 6 nitrogen and oxygen atoms in total. The molecule has 3 rings (SSSR count). The minimum atomic E-state index is -0.0469. The highest BCUT2D eigenvalue weighted by atomic mass is 16.2. The van der Waals surface area contributed by atoms with E-state index in [1.54, 1.807) is 18.6 Å². The molecule has 6 heteroatoms. The summed E-state index contributed by atoms with van der Waals surface area (Å²) in [4.78, 5) is 22.6. The Kier molecular flexibility index (Phi) is 3.45. The van der Waals surface area contributed by atoms with Crippen LogP contribution in [-0.4, -0.2) is 43.6 Å². The fourth-order valence-corrected chi connectivity index (χ4v) is 2.52. The van der Waals surface area contributed by atoms with Gasteiger partial charge in [0.2, 0.25) is 0 Å². The first kappa shape index (κ1) is 12.8. The van der Waals surface area contributed by atoms with Crippen LogP contribution in [0.2, 0.25) is 0 Å². The molecule has 2 aromatic heterocycles. The minimum absolute atomic E-state index is 0.0469. The third-order valence-corrected chi connectivity index (χ3v) is 3.58. The summed E-state index contributed by atoms with van der Waals surface area (Å²) in [6.45, 7) is 3.30. The summed E-state index contributed by atoms with van der Waals surface area (Å²) in [5.74, 6) is -0.0469. The van der Waals surface area contributed by atoms with E-state index in [9.17, 15) is 4.79 Å². The molecular weight excluding hydrogens is 254 g/mol. The highest BCUT2D eigenvalue weighted by Gasteiger charge is 2.26. The second-order valence-corrected chi connectivity index (χ2v) is 5.08. The zero-order chi connectivity index (χ0) is 13.9. The van der Waals surface area contributed by atoms with Crippen molar-refractivity contribution in [3.8, 4) is 0 Å². The average Bonchev–Trinajstić information content (AvgIpc) is 3.02. The second-order valence-electron chi connectivity index (χ2n) is 5.08. The van der Waals surface area contributed by atoms with Gasteiger partial charge in [-0.05, 0) is 25.8 Å². The Hall–Kier alpha value is -2.24. The first-order chi connectivity index (χ1) is 9.74. The predicted octanol–water partition coefficient (Wildman–Crippen LogP) is 1.46. The Labute approximate surface area is 117 Å². The molecule has 0 bridgehead atoms. The summed E-state index contributed by atoms with van der Waals surface area (Å²) >= 11 is 0. The van der Waals surface area contributed by atoms with E-state index in [0.717, 1.165) is 25.1 Å². The van der Waals surface area contributed by atoms with Gasteiger partial charge in [-0.2, -0.15) is 5.10 Å². The summed E-state index contributed by atoms with van der Waals surface area (Å²) in [6, 6.07) is 2.16. The molecule has 20 heavy (non-hydrogen) atoms. The predicted molar refractivity (Wildman–Crippen MR) is 73.2 cm³/mol. The zero-order valence-corrected chi connectivity index (χ0v) is 11.4. The molecule has 0 aromatic carbocycles. The second kappa shape index (κ2) is 5.40. The van der Waals surface area contributed by atoms with E-state index in [0.29, 0.717) is 12.2 Å². The van der Waals surface area contributed by atoms with Crippen LogP contribution in [0.1, 0.15) is 35.1 Å². The summed E-state index contributed by atoms with van der Waals surface area (Å²) in [6.07, 6.45) is 8.93. The number of carbonyl (C=O) groups excluding carboxylic acids is 1. The first-order valence-corrected chi connectivity index (χ1v) is 6.81. The van der Waals surface area contributed by atoms with Crippen LogP contribution in [0.15, 0.2) is 30.9 Å². The third kappa shape index (κ3) is 2.54. The molecular formula is C14H17N5O. The Balaban J connectivity index is 1.73. The van der Waals surface area contributed by atoms with Crippen molar-refractivity contribution in [2.75, 3.05) is 13.1 Å². The van der Waals surface area contributed by atoms with Crippen LogP contribution >= 0.6 is 0 Å². The van der Waals surface area contributed by atoms with Crippen molar-refractivity contribution in [1.29, 1.82) is 0 Å². The Morgan fingerprint density at radius 3 is 2.95 bits per heavy atom. The standard InChI is InChI=1S/C14H17N5O/c1-11-8-16-13(9-15-11)14(20)18-6-2-4-12(10-18)19-7-3-5-17-19/h3,5,7-9,12H,2,4,6,10H2,1H3/t12-/m0/s1. The lowest BCUT2D eigenvalue weighted by atomic mass is 10.1. The molecule has 2 aromatic rings. The number of rotatable bonds is 2. The number of nitrogens with zero attached hydrogens (tertiary/aromatic N) is 5. The maximum absolute atomic E-state index is 12.4. The van der Waals surface area contributed by atoms with Crippen molar-refractivity contribution in [2.24, 2.45) is 0 Å². The van der Waals surface area contributed by atoms with Gasteiger partial charge in [-0.25, -0.2) is 4.98 Å². The molecule has 1 amide bonds. The molecule has 1 aliphatic heterocycles. The normalized spacial score (nSPS) is 19.1. The zero-order valence-electron chi connectivity index (χ0n) is 11.4. The van der Waals surface area contributed by atoms with Crippen molar-refractivity contribution >= 4 is 5.91 Å². The number of hydrogen-bond acceptors (Lipinski definition) is 4. The quantitative estimate of drug-likeness (QED) is 0.829. The molecule has 0 N–H and O–H groups in total. The highest BCUT2D eigenvalue weighted by molar-refractivity contribution is 5.92. The Morgan fingerprint density at radius 2 is 2.25 bits per heavy atom. The molecule has 3 heterocycles. The Morgan fingerprint density at radius 1 is 1.35 bits per heavy atom. The smallest absolute Gasteiger partial charge is 0.274 e. The van der Waals surface area contributed by atoms with Gasteiger partial charge in [0.05, 0.1) is 17.9 Å². The van der Waals surface area contributed by atoms with E-state index in [4.69, 9.17) is 0 Å². The molecule has 0 unspecified atom stereocenters. The lowest BCUT2D eigenvalue weighted by Gasteiger charge is -2.32. The van der Waals surface area contributed by atoms with Gasteiger partial charge in [0, 0.05) is 31.7 Å². The van der Waals surface area contributed by atoms with Crippen molar-refractivity contribution in [3.05, 3.63) is 42.2 Å². The van der Waals surface area contributed by atoms with E-state index >= 15 is 0 Å². The van der Waals surface area contributed by atoms with Gasteiger partial charge in [-0.15, -0.1) is 0 Å². The maximum Gasteiger partial charge on any atom is 0.274 e. The van der Waals surface area contributed by atoms with Gasteiger partial charge in [0.1, 0.15) is 5.69 Å². The van der Waals surface area contributed by atoms with Gasteiger partial charge in [0.25, 0.3) is 5.91 Å². The van der Waals surface area contributed by atoms with Crippen molar-refractivity contribution < 1.29 is 4.79 Å². The van der Waals surface area contributed by atoms with E-state index in [1.807, 2.05) is 28.8 Å². The fourth-order valence-electron chi connectivity index (χ4n) is 2.52. The molecule has 104 valence electrons. The average molecular weight is 271 g/mol. The summed E-state index contributed by atoms with van der Waals surface area (Å²) in [7, 11) is 0. The van der Waals surface area contributed by atoms with Crippen molar-refractivity contribution in [2.45, 2.75) is 25.8 Å². The van der Waals surface area contributed by atoms with Gasteiger partial charge >= 0.3 is 0 Å². The lowest BCUT2D eigenvalue weighted by molar-refractivity contribution is 0.0666. The number of aryl methyl sites for hydroxylation is 1. The van der Waals surface area contributed by atoms with Crippen LogP contribution < -0.4 is 0 Å². The molecule has 1 atom stereocenters. The maximum atomic E-state index is 12.4. The number of amides is 1. The summed E-state index contributed by atoms with van der Waals surface area (Å²) < 4.78 is 1.93. The summed E-state index contributed by atoms with van der Waals surface area (Å²) in [5, 5.41) is 4.27. The van der Waals surface area contributed by atoms with E-state index < -0.39 is 0 Å². The van der Waals surface area contributed by atoms with E-state index in [-0.39, 0.29) is 11.9 Å². The molecule has 1 fully saturated rings. The van der Waals surface area contributed by atoms with Crippen LogP contribution in [-0.2, 0) is 0 Å². The van der Waals surface area contributed by atoms with Gasteiger partial charge in [-0.1, -0.05) is 0 Å². The van der Waals surface area contributed by atoms with Crippen LogP contribution in [0.4, 0.5) is 0 Å². The van der Waals surface area contributed by atoms with Crippen molar-refractivity contribution in [1.82, 2.24) is 24.6 Å². The molecule has 0 saturated carbocycles. The molecule has 1 saturated heterocycles. The lowest BCUT2D eigenvalue weighted by Crippen LogP contribution is -2.41. The number of aromatic nitrogens is 4. The molecule has 0 spiro atoms. The van der Waals surface area contributed by atoms with Crippen LogP contribution in [0.5, 0.6) is 0 Å². The van der Waals surface area contributed by atoms with E-state index in [1.165, 1.54) is 0 Å². The van der Waals surface area contributed by atoms with Gasteiger partial charge < -0.3 is 4.90 Å². The van der Waals surface area contributed by atoms with Crippen molar-refractivity contribution in [3.63, 3.8) is 0 Å². The monoisotopic (exact) mass is 271 g/mol. The third-order valence-electron chi connectivity index (χ3n) is 3.58. The molecule has 0 aliphatic carbocycles. The van der Waals surface area contributed by atoms with Crippen LogP contribution in [0, 0.1) is 6.92 Å². The van der Waals surface area contributed by atoms with E-state index in [2.05, 4.69) is 15.1 Å². The molecule has 0 radical (unpaired) electrons. The Bertz CT molecular complexity index is 578. The number of likely N-dealkylation sites (tertiary alicyclic amines) is 1. The van der Waals surface area contributed by atoms with Gasteiger partial charge in [-0.3, -0.25) is 14.5 Å². The summed E-state index contributed by atoms with van der Waals surface area (Å²) in [5.41, 5.74) is 1.23. The number of carbonyl (C=O) groups is 1. The fraction of sp³-hybridized carbons (Fsp3) is 0.429. The molecule has 1 aliphatic rings. The largest absolute Gasteiger partial charge is 0.335 e. The van der Waals surface area contributed by atoms with Crippen LogP contribution in [0.3, 0.4) is 0 Å². The SMILES string of the molecule is Cc1cnc(C(=O)N2CCC[C@H](n3cccn3)C2)cn1.